The molecule has 0 unspecified atom stereocenters. The van der Waals surface area contributed by atoms with Crippen LogP contribution in [0.4, 0.5) is 15.8 Å². The number of rotatable bonds is 8. The highest BCUT2D eigenvalue weighted by molar-refractivity contribution is 7.51. The zero-order valence-electron chi connectivity index (χ0n) is 26.1. The molecule has 0 bridgehead atoms. The lowest BCUT2D eigenvalue weighted by Crippen LogP contribution is -2.39. The average molecular weight is 763 g/mol. The second kappa shape index (κ2) is 16.6. The van der Waals surface area contributed by atoms with Gasteiger partial charge in [0.2, 0.25) is 4.80 Å². The van der Waals surface area contributed by atoms with Crippen LogP contribution in [0.25, 0.3) is 0 Å². The van der Waals surface area contributed by atoms with E-state index in [2.05, 4.69) is 34.5 Å². The molecule has 264 valence electrons. The summed E-state index contributed by atoms with van der Waals surface area (Å²) in [6, 6.07) is 5.65. The standard InChI is InChI=1S/C18H17FN4O2S.C8H6Cl2O3.C3H8NO5P/c1-4-5-22-13-7-12(11(19)6-14(13)25-9-16(22)24)20-17-23-10-18(2,3)8-15(23)21-26-17;1-13-7-5(10)3-2-4(9)6(7)8(11)12;5-3(6)1-4-2-10(7,8)9/h1,6-7H,5,8-10H2,2-3H3;2-3H,1H3,(H,11,12);4H,1-2H2,(H,5,6)(H2,7,8,9)/b20-17-;;. The zero-order chi connectivity index (χ0) is 36.7. The molecular weight excluding hydrogens is 731 g/mol. The number of benzene rings is 2. The molecule has 1 amide bonds. The highest BCUT2D eigenvalue weighted by Crippen LogP contribution is 2.38. The number of methoxy groups -OCH3 is 1. The van der Waals surface area contributed by atoms with Crippen LogP contribution in [0.2, 0.25) is 10.0 Å². The fraction of sp³-hybridized carbons (Fsp3) is 0.345. The van der Waals surface area contributed by atoms with E-state index in [9.17, 15) is 23.3 Å². The van der Waals surface area contributed by atoms with Gasteiger partial charge in [0.1, 0.15) is 22.8 Å². The van der Waals surface area contributed by atoms with Gasteiger partial charge in [-0.05, 0) is 23.6 Å². The lowest BCUT2D eigenvalue weighted by Gasteiger charge is -2.28. The van der Waals surface area contributed by atoms with Crippen LogP contribution in [0.3, 0.4) is 0 Å². The number of carbonyl (C=O) groups is 3. The lowest BCUT2D eigenvalue weighted by molar-refractivity contribution is -0.135. The fourth-order valence-corrected chi connectivity index (χ4v) is 6.11. The van der Waals surface area contributed by atoms with Gasteiger partial charge >= 0.3 is 19.5 Å². The smallest absolute Gasteiger partial charge is 0.341 e. The van der Waals surface area contributed by atoms with Gasteiger partial charge in [-0.3, -0.25) is 24.4 Å². The molecule has 0 saturated heterocycles. The first-order valence-electron chi connectivity index (χ1n) is 13.9. The van der Waals surface area contributed by atoms with E-state index in [4.69, 9.17) is 59.1 Å². The summed E-state index contributed by atoms with van der Waals surface area (Å²) in [6.45, 7) is 4.61. The quantitative estimate of drug-likeness (QED) is 0.164. The van der Waals surface area contributed by atoms with Crippen molar-refractivity contribution in [1.82, 2.24) is 14.3 Å². The molecule has 5 N–H and O–H groups in total. The molecule has 3 heterocycles. The van der Waals surface area contributed by atoms with Gasteiger partial charge in [-0.2, -0.15) is 4.37 Å². The third-order valence-electron chi connectivity index (χ3n) is 6.51. The number of nitrogens with one attached hydrogen (secondary N) is 1. The number of aromatic carboxylic acids is 1. The van der Waals surface area contributed by atoms with E-state index in [0.717, 1.165) is 18.8 Å². The molecule has 0 atom stereocenters. The Balaban J connectivity index is 0.000000236. The van der Waals surface area contributed by atoms with Gasteiger partial charge in [-0.25, -0.2) is 14.2 Å². The topological polar surface area (TPSA) is 213 Å². The van der Waals surface area contributed by atoms with Gasteiger partial charge in [0, 0.05) is 30.6 Å². The van der Waals surface area contributed by atoms with Crippen LogP contribution in [0.15, 0.2) is 29.3 Å². The number of anilines is 1. The molecule has 2 aromatic carbocycles. The molecule has 3 aromatic rings. The number of amides is 1. The Bertz CT molecular complexity index is 1910. The summed E-state index contributed by atoms with van der Waals surface area (Å²) in [4.78, 5) is 55.4. The number of aromatic nitrogens is 2. The van der Waals surface area contributed by atoms with Crippen molar-refractivity contribution < 1.29 is 52.8 Å². The predicted octanol–water partition coefficient (Wildman–Crippen LogP) is 3.75. The van der Waals surface area contributed by atoms with Gasteiger partial charge in [0.25, 0.3) is 5.91 Å². The van der Waals surface area contributed by atoms with Crippen LogP contribution in [0, 0.1) is 23.6 Å². The molecule has 0 spiro atoms. The van der Waals surface area contributed by atoms with Gasteiger partial charge < -0.3 is 34.0 Å². The second-order valence-corrected chi connectivity index (χ2v) is 14.2. The monoisotopic (exact) mass is 761 g/mol. The number of carboxylic acids is 2. The maximum Gasteiger partial charge on any atom is 0.341 e. The van der Waals surface area contributed by atoms with Crippen LogP contribution in [-0.2, 0) is 27.1 Å². The van der Waals surface area contributed by atoms with Crippen molar-refractivity contribution in [2.75, 3.05) is 38.0 Å². The molecule has 49 heavy (non-hydrogen) atoms. The summed E-state index contributed by atoms with van der Waals surface area (Å²) < 4.78 is 41.2. The summed E-state index contributed by atoms with van der Waals surface area (Å²) in [5.74, 6) is 0.699. The molecule has 15 nitrogen and oxygen atoms in total. The Morgan fingerprint density at radius 1 is 1.27 bits per heavy atom. The SMILES string of the molecule is C#CCN1C(=O)COc2cc(F)c(/N=c3\snc4n3CC(C)(C)C4)cc21.COc1c(Cl)ccc(Cl)c1C(=O)O.O=C(O)CNCP(=O)(O)O. The van der Waals surface area contributed by atoms with Gasteiger partial charge in [-0.1, -0.05) is 43.0 Å². The third kappa shape index (κ3) is 10.7. The van der Waals surface area contributed by atoms with Gasteiger partial charge in [0.05, 0.1) is 42.2 Å². The molecule has 0 saturated carbocycles. The van der Waals surface area contributed by atoms with E-state index in [1.54, 1.807) is 0 Å². The summed E-state index contributed by atoms with van der Waals surface area (Å²) >= 11 is 12.6. The maximum atomic E-state index is 14.5. The van der Waals surface area contributed by atoms with Crippen molar-refractivity contribution in [3.63, 3.8) is 0 Å². The van der Waals surface area contributed by atoms with Crippen molar-refractivity contribution in [3.8, 4) is 23.8 Å². The van der Waals surface area contributed by atoms with E-state index in [0.29, 0.717) is 16.2 Å². The van der Waals surface area contributed by atoms with Crippen LogP contribution >= 0.6 is 42.3 Å². The van der Waals surface area contributed by atoms with Crippen LogP contribution in [0.5, 0.6) is 11.5 Å². The number of hydrogen-bond donors (Lipinski definition) is 5. The van der Waals surface area contributed by atoms with Crippen molar-refractivity contribution >= 4 is 71.6 Å². The number of halogens is 3. The number of hydrogen-bond acceptors (Lipinski definition) is 10. The fourth-order valence-electron chi connectivity index (χ4n) is 4.49. The highest BCUT2D eigenvalue weighted by Gasteiger charge is 2.31. The number of nitrogens with zero attached hydrogens (tertiary/aromatic N) is 4. The lowest BCUT2D eigenvalue weighted by atomic mass is 9.92. The maximum absolute atomic E-state index is 14.5. The predicted molar refractivity (Wildman–Crippen MR) is 178 cm³/mol. The molecule has 1 aromatic heterocycles. The van der Waals surface area contributed by atoms with Crippen LogP contribution < -0.4 is 24.5 Å². The normalized spacial score (nSPS) is 14.6. The molecule has 0 radical (unpaired) electrons. The first-order chi connectivity index (χ1) is 22.9. The number of carbonyl (C=O) groups excluding carboxylic acids is 1. The minimum absolute atomic E-state index is 0.0849. The Labute approximate surface area is 293 Å². The Morgan fingerprint density at radius 3 is 2.51 bits per heavy atom. The summed E-state index contributed by atoms with van der Waals surface area (Å²) in [7, 11) is -2.76. The van der Waals surface area contributed by atoms with E-state index in [1.807, 2.05) is 4.57 Å². The molecule has 2 aliphatic rings. The molecule has 5 rings (SSSR count). The first kappa shape index (κ1) is 39.4. The molecule has 0 aliphatic carbocycles. The van der Waals surface area contributed by atoms with E-state index in [-0.39, 0.29) is 51.5 Å². The molecule has 20 heteroatoms. The number of aliphatic carboxylic acids is 1. The van der Waals surface area contributed by atoms with Crippen LogP contribution in [-0.4, -0.2) is 79.9 Å². The van der Waals surface area contributed by atoms with Gasteiger partial charge in [-0.15, -0.1) is 6.42 Å². The number of ether oxygens (including phenoxy) is 2. The molecule has 2 aliphatic heterocycles. The number of terminal acetylenes is 1. The Hall–Kier alpha value is -4.01. The number of carboxylic acid groups (broad SMARTS) is 2. The highest BCUT2D eigenvalue weighted by atomic mass is 35.5. The second-order valence-electron chi connectivity index (χ2n) is 11.1. The minimum atomic E-state index is -4.10. The zero-order valence-corrected chi connectivity index (χ0v) is 29.4. The largest absolute Gasteiger partial charge is 0.494 e. The van der Waals surface area contributed by atoms with Crippen LogP contribution in [0.1, 0.15) is 30.0 Å². The Morgan fingerprint density at radius 2 is 1.94 bits per heavy atom. The van der Waals surface area contributed by atoms with Crippen molar-refractivity contribution in [1.29, 1.82) is 0 Å². The van der Waals surface area contributed by atoms with Crippen molar-refractivity contribution in [2.45, 2.75) is 26.8 Å². The molecular formula is C29H31Cl2FN5O10PS. The van der Waals surface area contributed by atoms with Crippen molar-refractivity contribution in [2.24, 2.45) is 10.4 Å². The van der Waals surface area contributed by atoms with E-state index < -0.39 is 38.2 Å². The minimum Gasteiger partial charge on any atom is -0.494 e. The first-order valence-corrected chi connectivity index (χ1v) is 17.2. The van der Waals surface area contributed by atoms with Crippen molar-refractivity contribution in [3.05, 3.63) is 56.3 Å². The third-order valence-corrected chi connectivity index (χ3v) is 8.53. The summed E-state index contributed by atoms with van der Waals surface area (Å²) in [6.07, 6.45) is 5.62. The number of fused-ring (bicyclic) bond motifs is 2. The average Bonchev–Trinajstić information content (AvgIpc) is 3.50. The van der Waals surface area contributed by atoms with Gasteiger partial charge in [0.15, 0.2) is 18.2 Å². The summed E-state index contributed by atoms with van der Waals surface area (Å²) in [5, 5.41) is 19.2. The molecule has 0 fully saturated rings. The van der Waals surface area contributed by atoms with E-state index >= 15 is 0 Å². The summed E-state index contributed by atoms with van der Waals surface area (Å²) in [5.41, 5.74) is 0.564. The van der Waals surface area contributed by atoms with E-state index in [1.165, 1.54) is 47.8 Å². The Kier molecular flexibility index (Phi) is 13.4.